The van der Waals surface area contributed by atoms with Gasteiger partial charge in [-0.15, -0.1) is 0 Å². The molecule has 0 saturated carbocycles. The molecule has 1 rings (SSSR count). The van der Waals surface area contributed by atoms with Crippen molar-refractivity contribution in [3.63, 3.8) is 0 Å². The summed E-state index contributed by atoms with van der Waals surface area (Å²) in [7, 11) is -3.89. The van der Waals surface area contributed by atoms with Crippen molar-refractivity contribution in [3.8, 4) is 6.07 Å². The summed E-state index contributed by atoms with van der Waals surface area (Å²) >= 11 is 0. The predicted molar refractivity (Wildman–Crippen MR) is 67.3 cm³/mol. The zero-order chi connectivity index (χ0) is 15.4. The predicted octanol–water partition coefficient (Wildman–Crippen LogP) is 1.19. The molecule has 1 fully saturated rings. The molecule has 0 aromatic carbocycles. The van der Waals surface area contributed by atoms with Crippen molar-refractivity contribution in [2.24, 2.45) is 0 Å². The third-order valence-electron chi connectivity index (χ3n) is 3.27. The van der Waals surface area contributed by atoms with Crippen LogP contribution in [0.3, 0.4) is 0 Å². The van der Waals surface area contributed by atoms with Crippen molar-refractivity contribution in [1.29, 1.82) is 5.26 Å². The summed E-state index contributed by atoms with van der Waals surface area (Å²) < 4.78 is 61.1. The topological polar surface area (TPSA) is 64.4 Å². The number of hydrogen-bond donors (Lipinski definition) is 0. The molecule has 0 bridgehead atoms. The standard InChI is InChI=1S/C11H18F3N3O2S/c1-20(18,19)17(9-11(12,13)14)10-3-7-16(8-4-10)6-2-5-15/h10H,2-4,6-9H2,1H3. The van der Waals surface area contributed by atoms with Gasteiger partial charge in [0, 0.05) is 19.0 Å². The fraction of sp³-hybridized carbons (Fsp3) is 0.909. The van der Waals surface area contributed by atoms with Crippen molar-refractivity contribution in [1.82, 2.24) is 9.21 Å². The molecule has 1 aliphatic heterocycles. The molecule has 0 aromatic heterocycles. The molecule has 20 heavy (non-hydrogen) atoms. The molecule has 116 valence electrons. The Morgan fingerprint density at radius 2 is 1.90 bits per heavy atom. The van der Waals surface area contributed by atoms with Gasteiger partial charge in [-0.25, -0.2) is 8.42 Å². The van der Waals surface area contributed by atoms with Gasteiger partial charge in [-0.3, -0.25) is 0 Å². The summed E-state index contributed by atoms with van der Waals surface area (Å²) in [6.07, 6.45) is -2.66. The van der Waals surface area contributed by atoms with E-state index in [4.69, 9.17) is 5.26 Å². The summed E-state index contributed by atoms with van der Waals surface area (Å²) in [6, 6.07) is 1.39. The van der Waals surface area contributed by atoms with Crippen molar-refractivity contribution in [2.75, 3.05) is 32.4 Å². The van der Waals surface area contributed by atoms with Gasteiger partial charge in [0.15, 0.2) is 0 Å². The highest BCUT2D eigenvalue weighted by Gasteiger charge is 2.39. The number of alkyl halides is 3. The van der Waals surface area contributed by atoms with E-state index < -0.39 is 28.8 Å². The Bertz CT molecular complexity index is 451. The Labute approximate surface area is 117 Å². The average Bonchev–Trinajstić information content (AvgIpc) is 2.32. The van der Waals surface area contributed by atoms with Gasteiger partial charge in [-0.05, 0) is 25.9 Å². The third kappa shape index (κ3) is 5.64. The number of hydrogen-bond acceptors (Lipinski definition) is 4. The normalized spacial score (nSPS) is 19.2. The highest BCUT2D eigenvalue weighted by molar-refractivity contribution is 7.88. The first-order chi connectivity index (χ1) is 9.13. The first-order valence-electron chi connectivity index (χ1n) is 6.26. The maximum atomic E-state index is 12.5. The maximum absolute atomic E-state index is 12.5. The Kier molecular flexibility index (Phi) is 5.79. The van der Waals surface area contributed by atoms with E-state index in [0.29, 0.717) is 43.2 Å². The Hall–Kier alpha value is -0.850. The van der Waals surface area contributed by atoms with Gasteiger partial charge < -0.3 is 4.90 Å². The molecule has 1 saturated heterocycles. The number of likely N-dealkylation sites (tertiary alicyclic amines) is 1. The van der Waals surface area contributed by atoms with Crippen LogP contribution in [-0.2, 0) is 10.0 Å². The third-order valence-corrected chi connectivity index (χ3v) is 4.54. The minimum atomic E-state index is -4.54. The molecular weight excluding hydrogens is 295 g/mol. The SMILES string of the molecule is CS(=O)(=O)N(CC(F)(F)F)C1CCN(CCC#N)CC1. The van der Waals surface area contributed by atoms with Crippen LogP contribution in [0.15, 0.2) is 0 Å². The minimum absolute atomic E-state index is 0.356. The maximum Gasteiger partial charge on any atom is 0.402 e. The summed E-state index contributed by atoms with van der Waals surface area (Å²) in [5.41, 5.74) is 0. The lowest BCUT2D eigenvalue weighted by molar-refractivity contribution is -0.140. The smallest absolute Gasteiger partial charge is 0.302 e. The summed E-state index contributed by atoms with van der Waals surface area (Å²) in [5.74, 6) is 0. The zero-order valence-corrected chi connectivity index (χ0v) is 12.0. The number of nitrogens with zero attached hydrogens (tertiary/aromatic N) is 3. The Morgan fingerprint density at radius 3 is 2.30 bits per heavy atom. The van der Waals surface area contributed by atoms with Crippen LogP contribution < -0.4 is 0 Å². The molecule has 5 nitrogen and oxygen atoms in total. The van der Waals surface area contributed by atoms with Crippen molar-refractivity contribution in [3.05, 3.63) is 0 Å². The van der Waals surface area contributed by atoms with Crippen LogP contribution >= 0.6 is 0 Å². The fourth-order valence-electron chi connectivity index (χ4n) is 2.33. The largest absolute Gasteiger partial charge is 0.402 e. The zero-order valence-electron chi connectivity index (χ0n) is 11.2. The minimum Gasteiger partial charge on any atom is -0.302 e. The number of piperidine rings is 1. The molecule has 0 amide bonds. The van der Waals surface area contributed by atoms with E-state index in [1.807, 2.05) is 11.0 Å². The van der Waals surface area contributed by atoms with Crippen molar-refractivity contribution < 1.29 is 21.6 Å². The summed E-state index contributed by atoms with van der Waals surface area (Å²) in [4.78, 5) is 1.97. The summed E-state index contributed by atoms with van der Waals surface area (Å²) in [6.45, 7) is 0.155. The van der Waals surface area contributed by atoms with Gasteiger partial charge in [-0.2, -0.15) is 22.7 Å². The van der Waals surface area contributed by atoms with Crippen LogP contribution in [0.1, 0.15) is 19.3 Å². The molecule has 1 heterocycles. The van der Waals surface area contributed by atoms with E-state index in [-0.39, 0.29) is 0 Å². The fourth-order valence-corrected chi connectivity index (χ4v) is 3.47. The average molecular weight is 313 g/mol. The molecule has 0 radical (unpaired) electrons. The molecule has 0 aromatic rings. The highest BCUT2D eigenvalue weighted by atomic mass is 32.2. The first-order valence-corrected chi connectivity index (χ1v) is 8.11. The van der Waals surface area contributed by atoms with Gasteiger partial charge in [-0.1, -0.05) is 0 Å². The van der Waals surface area contributed by atoms with Crippen LogP contribution in [0.5, 0.6) is 0 Å². The molecule has 9 heteroatoms. The number of rotatable bonds is 5. The van der Waals surface area contributed by atoms with Crippen molar-refractivity contribution in [2.45, 2.75) is 31.5 Å². The van der Waals surface area contributed by atoms with Crippen molar-refractivity contribution >= 4 is 10.0 Å². The quantitative estimate of drug-likeness (QED) is 0.765. The second-order valence-electron chi connectivity index (χ2n) is 4.90. The van der Waals surface area contributed by atoms with Gasteiger partial charge in [0.2, 0.25) is 10.0 Å². The van der Waals surface area contributed by atoms with E-state index in [0.717, 1.165) is 6.26 Å². The lowest BCUT2D eigenvalue weighted by Crippen LogP contribution is -2.50. The van der Waals surface area contributed by atoms with Gasteiger partial charge >= 0.3 is 6.18 Å². The lowest BCUT2D eigenvalue weighted by atomic mass is 10.0. The highest BCUT2D eigenvalue weighted by Crippen LogP contribution is 2.25. The first kappa shape index (κ1) is 17.2. The monoisotopic (exact) mass is 313 g/mol. The second-order valence-corrected chi connectivity index (χ2v) is 6.84. The van der Waals surface area contributed by atoms with Crippen LogP contribution in [0.4, 0.5) is 13.2 Å². The van der Waals surface area contributed by atoms with E-state index >= 15 is 0 Å². The lowest BCUT2D eigenvalue weighted by Gasteiger charge is -2.37. The second kappa shape index (κ2) is 6.74. The molecule has 0 atom stereocenters. The van der Waals surface area contributed by atoms with Crippen LogP contribution in [-0.4, -0.2) is 62.3 Å². The van der Waals surface area contributed by atoms with E-state index in [9.17, 15) is 21.6 Å². The van der Waals surface area contributed by atoms with Crippen LogP contribution in [0, 0.1) is 11.3 Å². The number of halogens is 3. The van der Waals surface area contributed by atoms with Gasteiger partial charge in [0.05, 0.1) is 12.3 Å². The number of sulfonamides is 1. The Balaban J connectivity index is 2.65. The molecular formula is C11H18F3N3O2S. The van der Waals surface area contributed by atoms with E-state index in [2.05, 4.69) is 0 Å². The Morgan fingerprint density at radius 1 is 1.35 bits per heavy atom. The summed E-state index contributed by atoms with van der Waals surface area (Å²) in [5, 5.41) is 8.48. The van der Waals surface area contributed by atoms with Crippen LogP contribution in [0.25, 0.3) is 0 Å². The molecule has 0 aliphatic carbocycles. The van der Waals surface area contributed by atoms with E-state index in [1.54, 1.807) is 0 Å². The van der Waals surface area contributed by atoms with Gasteiger partial charge in [0.25, 0.3) is 0 Å². The molecule has 0 spiro atoms. The van der Waals surface area contributed by atoms with Crippen LogP contribution in [0.2, 0.25) is 0 Å². The van der Waals surface area contributed by atoms with Gasteiger partial charge in [0.1, 0.15) is 6.54 Å². The molecule has 1 aliphatic rings. The molecule has 0 N–H and O–H groups in total. The molecule has 0 unspecified atom stereocenters. The van der Waals surface area contributed by atoms with E-state index in [1.165, 1.54) is 0 Å². The number of nitriles is 1.